The molecule has 166 valence electrons. The number of methoxy groups -OCH3 is 1. The Morgan fingerprint density at radius 1 is 0.933 bits per heavy atom. The molecule has 1 aromatic carbocycles. The van der Waals surface area contributed by atoms with Crippen molar-refractivity contribution in [2.75, 3.05) is 51.3 Å². The van der Waals surface area contributed by atoms with Crippen molar-refractivity contribution in [3.63, 3.8) is 0 Å². The maximum atomic E-state index is 12.6. The molecule has 1 N–H and O–H groups in total. The van der Waals surface area contributed by atoms with Gasteiger partial charge in [0.15, 0.2) is 0 Å². The third-order valence-electron chi connectivity index (χ3n) is 5.48. The van der Waals surface area contributed by atoms with Crippen LogP contribution in [-0.2, 0) is 4.74 Å². The van der Waals surface area contributed by atoms with Crippen LogP contribution in [0.4, 0.5) is 15.3 Å². The summed E-state index contributed by atoms with van der Waals surface area (Å²) in [7, 11) is 1.67. The van der Waals surface area contributed by atoms with Crippen LogP contribution in [0.3, 0.4) is 0 Å². The predicted molar refractivity (Wildman–Crippen MR) is 116 cm³/mol. The lowest BCUT2D eigenvalue weighted by atomic mass is 10.0. The molecule has 2 aliphatic rings. The van der Waals surface area contributed by atoms with Crippen molar-refractivity contribution in [3.05, 3.63) is 24.3 Å². The second-order valence-corrected chi connectivity index (χ2v) is 8.86. The third kappa shape index (κ3) is 5.93. The molecule has 3 rings (SSSR count). The number of piperazine rings is 1. The number of ether oxygens (including phenoxy) is 2. The molecule has 0 spiro atoms. The molecule has 30 heavy (non-hydrogen) atoms. The molecule has 2 aliphatic heterocycles. The van der Waals surface area contributed by atoms with Gasteiger partial charge in [0.05, 0.1) is 7.11 Å². The van der Waals surface area contributed by atoms with Crippen molar-refractivity contribution in [1.29, 1.82) is 0 Å². The maximum absolute atomic E-state index is 12.6. The zero-order valence-corrected chi connectivity index (χ0v) is 18.5. The Labute approximate surface area is 179 Å². The number of nitrogens with one attached hydrogen (secondary N) is 1. The third-order valence-corrected chi connectivity index (χ3v) is 5.48. The first-order chi connectivity index (χ1) is 14.2. The Morgan fingerprint density at radius 3 is 2.03 bits per heavy atom. The molecule has 8 nitrogen and oxygen atoms in total. The fourth-order valence-corrected chi connectivity index (χ4v) is 3.76. The van der Waals surface area contributed by atoms with E-state index in [1.165, 1.54) is 5.69 Å². The molecule has 0 atom stereocenters. The summed E-state index contributed by atoms with van der Waals surface area (Å²) in [6.07, 6.45) is 1.51. The molecule has 0 saturated carbocycles. The summed E-state index contributed by atoms with van der Waals surface area (Å²) in [6.45, 7) is 9.42. The molecular formula is C22H34N4O4. The van der Waals surface area contributed by atoms with Crippen LogP contribution in [0.1, 0.15) is 33.6 Å². The van der Waals surface area contributed by atoms with Gasteiger partial charge in [0, 0.05) is 51.0 Å². The van der Waals surface area contributed by atoms with E-state index in [4.69, 9.17) is 9.47 Å². The molecule has 8 heteroatoms. The minimum absolute atomic E-state index is 0.0401. The predicted octanol–water partition coefficient (Wildman–Crippen LogP) is 2.93. The standard InChI is InChI=1S/C22H34N4O4/c1-22(2,3)30-21(28)26-15-13-25(14-16-26)20(27)23-17-9-11-24(12-10-17)18-5-7-19(29-4)8-6-18/h5-8,17H,9-16H2,1-4H3,(H,23,27). The minimum Gasteiger partial charge on any atom is -0.497 e. The topological polar surface area (TPSA) is 74.4 Å². The number of carbonyl (C=O) groups excluding carboxylic acids is 2. The lowest BCUT2D eigenvalue weighted by Gasteiger charge is -2.38. The molecule has 3 amide bonds. The average molecular weight is 419 g/mol. The molecular weight excluding hydrogens is 384 g/mol. The molecule has 2 fully saturated rings. The van der Waals surface area contributed by atoms with E-state index < -0.39 is 5.60 Å². The maximum Gasteiger partial charge on any atom is 0.410 e. The van der Waals surface area contributed by atoms with E-state index in [1.54, 1.807) is 16.9 Å². The molecule has 0 radical (unpaired) electrons. The van der Waals surface area contributed by atoms with Crippen molar-refractivity contribution in [2.45, 2.75) is 45.3 Å². The quantitative estimate of drug-likeness (QED) is 0.817. The summed E-state index contributed by atoms with van der Waals surface area (Å²) in [4.78, 5) is 30.6. The lowest BCUT2D eigenvalue weighted by Crippen LogP contribution is -2.56. The molecule has 0 unspecified atom stereocenters. The number of nitrogens with zero attached hydrogens (tertiary/aromatic N) is 3. The summed E-state index contributed by atoms with van der Waals surface area (Å²) in [5, 5.41) is 3.17. The van der Waals surface area contributed by atoms with Crippen molar-refractivity contribution in [1.82, 2.24) is 15.1 Å². The van der Waals surface area contributed by atoms with Crippen LogP contribution in [0.2, 0.25) is 0 Å². The van der Waals surface area contributed by atoms with Crippen LogP contribution in [-0.4, -0.2) is 79.9 Å². The van der Waals surface area contributed by atoms with Gasteiger partial charge < -0.3 is 29.5 Å². The van der Waals surface area contributed by atoms with Gasteiger partial charge in [-0.3, -0.25) is 0 Å². The molecule has 1 aromatic rings. The molecule has 2 heterocycles. The number of rotatable bonds is 3. The van der Waals surface area contributed by atoms with Crippen LogP contribution >= 0.6 is 0 Å². The normalized spacial score (nSPS) is 18.2. The highest BCUT2D eigenvalue weighted by atomic mass is 16.6. The van der Waals surface area contributed by atoms with E-state index in [2.05, 4.69) is 22.3 Å². The number of anilines is 1. The highest BCUT2D eigenvalue weighted by molar-refractivity contribution is 5.75. The lowest BCUT2D eigenvalue weighted by molar-refractivity contribution is 0.0169. The molecule has 0 bridgehead atoms. The van der Waals surface area contributed by atoms with E-state index in [0.717, 1.165) is 31.7 Å². The Hall–Kier alpha value is -2.64. The van der Waals surface area contributed by atoms with Gasteiger partial charge >= 0.3 is 12.1 Å². The summed E-state index contributed by atoms with van der Waals surface area (Å²) < 4.78 is 10.6. The average Bonchev–Trinajstić information content (AvgIpc) is 2.73. The largest absolute Gasteiger partial charge is 0.497 e. The van der Waals surface area contributed by atoms with Crippen molar-refractivity contribution < 1.29 is 19.1 Å². The molecule has 0 aliphatic carbocycles. The van der Waals surface area contributed by atoms with Gasteiger partial charge in [0.2, 0.25) is 0 Å². The number of amides is 3. The fraction of sp³-hybridized carbons (Fsp3) is 0.636. The first-order valence-electron chi connectivity index (χ1n) is 10.7. The van der Waals surface area contributed by atoms with E-state index in [9.17, 15) is 9.59 Å². The van der Waals surface area contributed by atoms with Crippen LogP contribution in [0.15, 0.2) is 24.3 Å². The van der Waals surface area contributed by atoms with E-state index in [0.29, 0.717) is 26.2 Å². The Kier molecular flexibility index (Phi) is 6.95. The van der Waals surface area contributed by atoms with Crippen LogP contribution in [0, 0.1) is 0 Å². The summed E-state index contributed by atoms with van der Waals surface area (Å²) >= 11 is 0. The van der Waals surface area contributed by atoms with Gasteiger partial charge in [-0.2, -0.15) is 0 Å². The van der Waals surface area contributed by atoms with Crippen molar-refractivity contribution in [2.24, 2.45) is 0 Å². The van der Waals surface area contributed by atoms with Gasteiger partial charge in [0.25, 0.3) is 0 Å². The second kappa shape index (κ2) is 9.45. The summed E-state index contributed by atoms with van der Waals surface area (Å²) in [6, 6.07) is 8.22. The summed E-state index contributed by atoms with van der Waals surface area (Å²) in [5.41, 5.74) is 0.672. The summed E-state index contributed by atoms with van der Waals surface area (Å²) in [5.74, 6) is 0.854. The van der Waals surface area contributed by atoms with Gasteiger partial charge in [-0.05, 0) is 57.9 Å². The van der Waals surface area contributed by atoms with E-state index >= 15 is 0 Å². The highest BCUT2D eigenvalue weighted by Gasteiger charge is 2.29. The van der Waals surface area contributed by atoms with E-state index in [-0.39, 0.29) is 18.2 Å². The van der Waals surface area contributed by atoms with E-state index in [1.807, 2.05) is 32.9 Å². The number of urea groups is 1. The Balaban J connectivity index is 1.40. The monoisotopic (exact) mass is 418 g/mol. The zero-order chi connectivity index (χ0) is 21.7. The SMILES string of the molecule is COc1ccc(N2CCC(NC(=O)N3CCN(C(=O)OC(C)(C)C)CC3)CC2)cc1. The Bertz CT molecular complexity index is 716. The minimum atomic E-state index is -0.508. The fourth-order valence-electron chi connectivity index (χ4n) is 3.76. The molecule has 0 aromatic heterocycles. The first-order valence-corrected chi connectivity index (χ1v) is 10.7. The number of benzene rings is 1. The van der Waals surface area contributed by atoms with Crippen LogP contribution in [0.25, 0.3) is 0 Å². The first kappa shape index (κ1) is 22.1. The number of carbonyl (C=O) groups is 2. The number of hydrogen-bond acceptors (Lipinski definition) is 5. The smallest absolute Gasteiger partial charge is 0.410 e. The van der Waals surface area contributed by atoms with Gasteiger partial charge in [-0.25, -0.2) is 9.59 Å². The zero-order valence-electron chi connectivity index (χ0n) is 18.5. The van der Waals surface area contributed by atoms with Gasteiger partial charge in [-0.15, -0.1) is 0 Å². The van der Waals surface area contributed by atoms with Gasteiger partial charge in [0.1, 0.15) is 11.4 Å². The van der Waals surface area contributed by atoms with Gasteiger partial charge in [-0.1, -0.05) is 0 Å². The van der Waals surface area contributed by atoms with Crippen LogP contribution in [0.5, 0.6) is 5.75 Å². The second-order valence-electron chi connectivity index (χ2n) is 8.86. The van der Waals surface area contributed by atoms with Crippen LogP contribution < -0.4 is 15.0 Å². The Morgan fingerprint density at radius 2 is 1.50 bits per heavy atom. The van der Waals surface area contributed by atoms with Crippen molar-refractivity contribution in [3.8, 4) is 5.75 Å². The number of piperidine rings is 1. The highest BCUT2D eigenvalue weighted by Crippen LogP contribution is 2.23. The number of hydrogen-bond donors (Lipinski definition) is 1. The van der Waals surface area contributed by atoms with Crippen molar-refractivity contribution >= 4 is 17.8 Å². The molecule has 2 saturated heterocycles.